The summed E-state index contributed by atoms with van der Waals surface area (Å²) in [7, 11) is 0. The number of hydrogen-bond acceptors (Lipinski definition) is 4. The van der Waals surface area contributed by atoms with Crippen molar-refractivity contribution in [1.82, 2.24) is 0 Å². The van der Waals surface area contributed by atoms with Gasteiger partial charge in [0.2, 0.25) is 5.78 Å². The highest BCUT2D eigenvalue weighted by molar-refractivity contribution is 6.37. The maximum atomic E-state index is 12.8. The summed E-state index contributed by atoms with van der Waals surface area (Å²) in [5.74, 6) is -0.300. The molecule has 2 aromatic carbocycles. The van der Waals surface area contributed by atoms with Crippen molar-refractivity contribution in [2.45, 2.75) is 19.3 Å². The summed E-state index contributed by atoms with van der Waals surface area (Å²) in [6.07, 6.45) is 2.16. The summed E-state index contributed by atoms with van der Waals surface area (Å²) in [5, 5.41) is 1.24. The molecule has 126 valence electrons. The second-order valence-electron chi connectivity index (χ2n) is 6.08. The Balaban J connectivity index is 1.87. The third kappa shape index (κ3) is 2.62. The van der Waals surface area contributed by atoms with Crippen LogP contribution in [0.3, 0.4) is 0 Å². The Labute approximate surface area is 153 Å². The number of fused-ring (bicyclic) bond motifs is 2. The molecule has 0 aliphatic heterocycles. The van der Waals surface area contributed by atoms with Crippen LogP contribution in [0.25, 0.3) is 11.0 Å². The third-order valence-corrected chi connectivity index (χ3v) is 5.03. The van der Waals surface area contributed by atoms with Gasteiger partial charge in [0.15, 0.2) is 11.5 Å². The zero-order valence-electron chi connectivity index (χ0n) is 13.1. The molecule has 3 aromatic rings. The van der Waals surface area contributed by atoms with Gasteiger partial charge in [0.05, 0.1) is 10.7 Å². The van der Waals surface area contributed by atoms with Crippen molar-refractivity contribution in [3.63, 3.8) is 0 Å². The van der Waals surface area contributed by atoms with Crippen LogP contribution in [0.15, 0.2) is 34.7 Å². The van der Waals surface area contributed by atoms with Gasteiger partial charge in [-0.1, -0.05) is 23.2 Å². The van der Waals surface area contributed by atoms with Crippen LogP contribution in [-0.4, -0.2) is 11.6 Å². The van der Waals surface area contributed by atoms with Crippen LogP contribution in [0.4, 0.5) is 5.69 Å². The first kappa shape index (κ1) is 16.2. The van der Waals surface area contributed by atoms with Crippen LogP contribution in [0, 0.1) is 0 Å². The van der Waals surface area contributed by atoms with E-state index in [9.17, 15) is 9.59 Å². The molecule has 0 saturated heterocycles. The second kappa shape index (κ2) is 5.90. The molecule has 0 spiro atoms. The van der Waals surface area contributed by atoms with Gasteiger partial charge in [0.1, 0.15) is 5.58 Å². The molecule has 4 rings (SSSR count). The molecule has 0 atom stereocenters. The lowest BCUT2D eigenvalue weighted by Crippen LogP contribution is -2.10. The largest absolute Gasteiger partial charge is 0.450 e. The highest BCUT2D eigenvalue weighted by Crippen LogP contribution is 2.35. The SMILES string of the molecule is Nc1c(C(=O)c2ccc(Cl)cc2Cl)oc2cc3c(cc12)C(=O)CCC3. The number of ketones is 2. The topological polar surface area (TPSA) is 73.3 Å². The Hall–Kier alpha value is -2.30. The number of anilines is 1. The minimum atomic E-state index is -0.417. The van der Waals surface area contributed by atoms with E-state index in [-0.39, 0.29) is 27.8 Å². The van der Waals surface area contributed by atoms with E-state index in [0.29, 0.717) is 28.0 Å². The standard InChI is InChI=1S/C19H13Cl2NO3/c20-10-4-5-11(14(21)7-10)18(24)19-17(22)13-8-12-9(6-16(13)25-19)2-1-3-15(12)23/h4-8H,1-3,22H2. The summed E-state index contributed by atoms with van der Waals surface area (Å²) in [6, 6.07) is 8.14. The number of halogens is 2. The molecule has 1 aromatic heterocycles. The maximum Gasteiger partial charge on any atom is 0.231 e. The Morgan fingerprint density at radius 3 is 2.68 bits per heavy atom. The van der Waals surface area contributed by atoms with Gasteiger partial charge in [0, 0.05) is 28.0 Å². The Morgan fingerprint density at radius 2 is 1.92 bits per heavy atom. The van der Waals surface area contributed by atoms with Crippen molar-refractivity contribution in [3.05, 3.63) is 62.8 Å². The fraction of sp³-hybridized carbons (Fsp3) is 0.158. The number of hydrogen-bond donors (Lipinski definition) is 1. The maximum absolute atomic E-state index is 12.8. The number of aryl methyl sites for hydroxylation is 1. The van der Waals surface area contributed by atoms with Gasteiger partial charge in [-0.15, -0.1) is 0 Å². The van der Waals surface area contributed by atoms with E-state index in [2.05, 4.69) is 0 Å². The first-order valence-electron chi connectivity index (χ1n) is 7.83. The van der Waals surface area contributed by atoms with Crippen LogP contribution in [0.1, 0.15) is 44.9 Å². The number of furan rings is 1. The number of nitrogen functional groups attached to an aromatic ring is 1. The van der Waals surface area contributed by atoms with Gasteiger partial charge < -0.3 is 10.2 Å². The predicted octanol–water partition coefficient (Wildman–Crippen LogP) is 5.07. The minimum Gasteiger partial charge on any atom is -0.450 e. The van der Waals surface area contributed by atoms with E-state index in [1.807, 2.05) is 0 Å². The van der Waals surface area contributed by atoms with Crippen LogP contribution < -0.4 is 5.73 Å². The smallest absolute Gasteiger partial charge is 0.231 e. The molecule has 1 aliphatic carbocycles. The highest BCUT2D eigenvalue weighted by atomic mass is 35.5. The van der Waals surface area contributed by atoms with E-state index < -0.39 is 5.78 Å². The molecule has 0 unspecified atom stereocenters. The predicted molar refractivity (Wildman–Crippen MR) is 97.8 cm³/mol. The first-order valence-corrected chi connectivity index (χ1v) is 8.59. The van der Waals surface area contributed by atoms with Crippen molar-refractivity contribution in [3.8, 4) is 0 Å². The number of benzene rings is 2. The van der Waals surface area contributed by atoms with Crippen LogP contribution in [0.5, 0.6) is 0 Å². The Bertz CT molecular complexity index is 1050. The molecule has 6 heteroatoms. The van der Waals surface area contributed by atoms with E-state index in [4.69, 9.17) is 33.4 Å². The van der Waals surface area contributed by atoms with Gasteiger partial charge in [-0.3, -0.25) is 9.59 Å². The molecule has 1 aliphatic rings. The van der Waals surface area contributed by atoms with Gasteiger partial charge in [0.25, 0.3) is 0 Å². The lowest BCUT2D eigenvalue weighted by atomic mass is 9.89. The number of Topliss-reactive ketones (excluding diaryl/α,β-unsaturated/α-hetero) is 1. The summed E-state index contributed by atoms with van der Waals surface area (Å²) >= 11 is 12.0. The fourth-order valence-corrected chi connectivity index (χ4v) is 3.70. The second-order valence-corrected chi connectivity index (χ2v) is 6.92. The fourth-order valence-electron chi connectivity index (χ4n) is 3.21. The highest BCUT2D eigenvalue weighted by Gasteiger charge is 2.25. The number of carbonyl (C=O) groups is 2. The Morgan fingerprint density at radius 1 is 1.12 bits per heavy atom. The molecule has 25 heavy (non-hydrogen) atoms. The summed E-state index contributed by atoms with van der Waals surface area (Å²) < 4.78 is 5.72. The van der Waals surface area contributed by atoms with Gasteiger partial charge in [-0.05, 0) is 48.7 Å². The minimum absolute atomic E-state index is 0.0222. The van der Waals surface area contributed by atoms with Crippen molar-refractivity contribution < 1.29 is 14.0 Å². The van der Waals surface area contributed by atoms with E-state index in [1.165, 1.54) is 12.1 Å². The number of rotatable bonds is 2. The number of nitrogens with two attached hydrogens (primary N) is 1. The quantitative estimate of drug-likeness (QED) is 0.636. The van der Waals surface area contributed by atoms with Crippen LogP contribution in [0.2, 0.25) is 10.0 Å². The average Bonchev–Trinajstić information content (AvgIpc) is 2.89. The van der Waals surface area contributed by atoms with E-state index in [0.717, 1.165) is 18.4 Å². The normalized spacial score (nSPS) is 13.9. The molecule has 0 fully saturated rings. The molecule has 0 saturated carbocycles. The summed E-state index contributed by atoms with van der Waals surface area (Å²) in [4.78, 5) is 24.9. The van der Waals surface area contributed by atoms with Crippen molar-refractivity contribution in [2.24, 2.45) is 0 Å². The monoisotopic (exact) mass is 373 g/mol. The molecular formula is C19H13Cl2NO3. The molecule has 1 heterocycles. The summed E-state index contributed by atoms with van der Waals surface area (Å²) in [6.45, 7) is 0. The molecule has 0 bridgehead atoms. The first-order chi connectivity index (χ1) is 12.0. The van der Waals surface area contributed by atoms with Crippen LogP contribution >= 0.6 is 23.2 Å². The molecular weight excluding hydrogens is 361 g/mol. The molecule has 2 N–H and O–H groups in total. The van der Waals surface area contributed by atoms with Gasteiger partial charge in [-0.25, -0.2) is 0 Å². The van der Waals surface area contributed by atoms with Crippen molar-refractivity contribution >= 4 is 51.4 Å². The number of carbonyl (C=O) groups excluding carboxylic acids is 2. The molecule has 0 amide bonds. The van der Waals surface area contributed by atoms with Crippen molar-refractivity contribution in [1.29, 1.82) is 0 Å². The van der Waals surface area contributed by atoms with E-state index in [1.54, 1.807) is 18.2 Å². The van der Waals surface area contributed by atoms with Gasteiger partial charge in [-0.2, -0.15) is 0 Å². The zero-order chi connectivity index (χ0) is 17.7. The molecule has 4 nitrogen and oxygen atoms in total. The Kier molecular flexibility index (Phi) is 3.82. The summed E-state index contributed by atoms with van der Waals surface area (Å²) in [5.41, 5.74) is 8.71. The van der Waals surface area contributed by atoms with Crippen LogP contribution in [-0.2, 0) is 6.42 Å². The third-order valence-electron chi connectivity index (χ3n) is 4.48. The van der Waals surface area contributed by atoms with Crippen molar-refractivity contribution in [2.75, 3.05) is 5.73 Å². The zero-order valence-corrected chi connectivity index (χ0v) is 14.6. The lowest BCUT2D eigenvalue weighted by molar-refractivity contribution is 0.0971. The lowest BCUT2D eigenvalue weighted by Gasteiger charge is -2.13. The van der Waals surface area contributed by atoms with Gasteiger partial charge >= 0.3 is 0 Å². The molecule has 0 radical (unpaired) electrons. The van der Waals surface area contributed by atoms with E-state index >= 15 is 0 Å². The average molecular weight is 374 g/mol.